The zero-order valence-corrected chi connectivity index (χ0v) is 19.1. The number of amides is 1. The molecular weight excluding hydrogens is 422 g/mol. The number of aryl methyl sites for hydroxylation is 1. The van der Waals surface area contributed by atoms with Crippen LogP contribution < -0.4 is 10.2 Å². The summed E-state index contributed by atoms with van der Waals surface area (Å²) in [6.07, 6.45) is 6.62. The number of carbonyl (C=O) groups is 1. The van der Waals surface area contributed by atoms with Crippen molar-refractivity contribution in [3.8, 4) is 0 Å². The molecule has 0 radical (unpaired) electrons. The Hall–Kier alpha value is -3.14. The molecule has 0 aromatic carbocycles. The van der Waals surface area contributed by atoms with Crippen LogP contribution in [0.3, 0.4) is 0 Å². The Balaban J connectivity index is 1.44. The molecule has 2 saturated heterocycles. The number of fused-ring (bicyclic) bond motifs is 2. The Morgan fingerprint density at radius 1 is 1.24 bits per heavy atom. The highest BCUT2D eigenvalue weighted by Crippen LogP contribution is 2.37. The average molecular weight is 454 g/mol. The quantitative estimate of drug-likeness (QED) is 0.629. The molecule has 10 nitrogen and oxygen atoms in total. The number of aromatic amines is 1. The molecule has 0 aliphatic carbocycles. The van der Waals surface area contributed by atoms with Gasteiger partial charge >= 0.3 is 6.09 Å². The number of aromatic nitrogens is 4. The maximum atomic E-state index is 11.8. The first-order valence-corrected chi connectivity index (χ1v) is 11.7. The Bertz CT molecular complexity index is 1040. The lowest BCUT2D eigenvalue weighted by Gasteiger charge is -2.49. The second kappa shape index (κ2) is 9.01. The van der Waals surface area contributed by atoms with Gasteiger partial charge in [0.1, 0.15) is 5.82 Å². The standard InChI is InChI=1S/C23H31N7O3/c1-14-10-21(28-27-14)25-20-13-19(15-6-8-33-9-7-15)24-22(26-20)29(2)18-11-16-4-3-5-17(12-18)30(16)23(31)32/h6,10,13,16-18H,3-5,7-9,11-12H2,1-2H3,(H,31,32)(H2,24,25,26,27,28)/t16-,17+,18?. The van der Waals surface area contributed by atoms with Crippen molar-refractivity contribution in [3.63, 3.8) is 0 Å². The van der Waals surface area contributed by atoms with E-state index in [9.17, 15) is 9.90 Å². The van der Waals surface area contributed by atoms with Gasteiger partial charge in [0.25, 0.3) is 0 Å². The minimum Gasteiger partial charge on any atom is -0.465 e. The molecule has 3 aliphatic rings. The summed E-state index contributed by atoms with van der Waals surface area (Å²) in [6.45, 7) is 3.22. The molecule has 3 aliphatic heterocycles. The van der Waals surface area contributed by atoms with Gasteiger partial charge in [-0.05, 0) is 51.0 Å². The van der Waals surface area contributed by atoms with Crippen LogP contribution in [0.4, 0.5) is 22.4 Å². The molecule has 2 aromatic rings. The first-order chi connectivity index (χ1) is 16.0. The molecule has 10 heteroatoms. The summed E-state index contributed by atoms with van der Waals surface area (Å²) >= 11 is 0. The summed E-state index contributed by atoms with van der Waals surface area (Å²) in [5.41, 5.74) is 3.00. The fourth-order valence-corrected chi connectivity index (χ4v) is 5.34. The summed E-state index contributed by atoms with van der Waals surface area (Å²) in [5, 5.41) is 20.2. The van der Waals surface area contributed by atoms with Gasteiger partial charge in [-0.25, -0.2) is 9.78 Å². The van der Waals surface area contributed by atoms with Crippen molar-refractivity contribution in [2.45, 2.75) is 63.6 Å². The van der Waals surface area contributed by atoms with E-state index in [0.717, 1.165) is 55.5 Å². The molecule has 1 unspecified atom stereocenters. The molecule has 3 atom stereocenters. The SMILES string of the molecule is Cc1cc(Nc2cc(C3=CCOCC3)nc(N(C)C3C[C@H]4CCC[C@@H](C3)N4C(=O)O)n2)n[nH]1. The van der Waals surface area contributed by atoms with Crippen molar-refractivity contribution in [2.24, 2.45) is 0 Å². The minimum absolute atomic E-state index is 0.0634. The van der Waals surface area contributed by atoms with Gasteiger partial charge in [-0.3, -0.25) is 5.10 Å². The van der Waals surface area contributed by atoms with Gasteiger partial charge in [0.15, 0.2) is 5.82 Å². The number of piperidine rings is 2. The lowest BCUT2D eigenvalue weighted by Crippen LogP contribution is -2.58. The van der Waals surface area contributed by atoms with Gasteiger partial charge in [0, 0.05) is 43.0 Å². The molecule has 5 heterocycles. The Morgan fingerprint density at radius 3 is 2.67 bits per heavy atom. The molecule has 5 rings (SSSR count). The summed E-state index contributed by atoms with van der Waals surface area (Å²) in [6, 6.07) is 4.21. The molecule has 3 N–H and O–H groups in total. The fourth-order valence-electron chi connectivity index (χ4n) is 5.34. The number of hydrogen-bond acceptors (Lipinski definition) is 7. The van der Waals surface area contributed by atoms with E-state index in [1.807, 2.05) is 26.1 Å². The second-order valence-electron chi connectivity index (χ2n) is 9.22. The van der Waals surface area contributed by atoms with E-state index in [2.05, 4.69) is 26.5 Å². The molecule has 2 fully saturated rings. The summed E-state index contributed by atoms with van der Waals surface area (Å²) in [4.78, 5) is 25.4. The molecule has 0 saturated carbocycles. The predicted octanol–water partition coefficient (Wildman–Crippen LogP) is 3.56. The van der Waals surface area contributed by atoms with Crippen LogP contribution in [0.5, 0.6) is 0 Å². The van der Waals surface area contributed by atoms with Crippen molar-refractivity contribution >= 4 is 29.3 Å². The van der Waals surface area contributed by atoms with Crippen LogP contribution in [0.1, 0.15) is 49.9 Å². The van der Waals surface area contributed by atoms with Crippen LogP contribution in [-0.2, 0) is 4.74 Å². The third-order valence-electron chi connectivity index (χ3n) is 7.00. The van der Waals surface area contributed by atoms with Crippen LogP contribution >= 0.6 is 0 Å². The Kier molecular flexibility index (Phi) is 5.92. The monoisotopic (exact) mass is 453 g/mol. The van der Waals surface area contributed by atoms with Gasteiger partial charge in [-0.2, -0.15) is 10.1 Å². The van der Waals surface area contributed by atoms with Crippen LogP contribution in [-0.4, -0.2) is 74.7 Å². The van der Waals surface area contributed by atoms with Gasteiger partial charge in [-0.1, -0.05) is 6.08 Å². The summed E-state index contributed by atoms with van der Waals surface area (Å²) in [7, 11) is 2.02. The first kappa shape index (κ1) is 21.7. The van der Waals surface area contributed by atoms with E-state index in [1.165, 1.54) is 0 Å². The number of nitrogens with zero attached hydrogens (tertiary/aromatic N) is 5. The van der Waals surface area contributed by atoms with Crippen molar-refractivity contribution in [3.05, 3.63) is 29.6 Å². The van der Waals surface area contributed by atoms with Crippen LogP contribution in [0.2, 0.25) is 0 Å². The number of hydrogen-bond donors (Lipinski definition) is 3. The molecule has 2 bridgehead atoms. The maximum Gasteiger partial charge on any atom is 0.407 e. The number of nitrogens with one attached hydrogen (secondary N) is 2. The molecule has 2 aromatic heterocycles. The number of carboxylic acid groups (broad SMARTS) is 1. The molecular formula is C23H31N7O3. The Labute approximate surface area is 193 Å². The Morgan fingerprint density at radius 2 is 2.03 bits per heavy atom. The lowest BCUT2D eigenvalue weighted by atomic mass is 9.81. The number of anilines is 3. The van der Waals surface area contributed by atoms with Crippen molar-refractivity contribution in [2.75, 3.05) is 30.5 Å². The van der Waals surface area contributed by atoms with E-state index in [-0.39, 0.29) is 18.1 Å². The summed E-state index contributed by atoms with van der Waals surface area (Å²) < 4.78 is 5.48. The van der Waals surface area contributed by atoms with E-state index < -0.39 is 6.09 Å². The molecule has 0 spiro atoms. The van der Waals surface area contributed by atoms with Gasteiger partial charge in [0.2, 0.25) is 5.95 Å². The number of rotatable bonds is 5. The molecule has 1 amide bonds. The van der Waals surface area contributed by atoms with E-state index in [4.69, 9.17) is 14.7 Å². The van der Waals surface area contributed by atoms with Crippen molar-refractivity contribution in [1.29, 1.82) is 0 Å². The van der Waals surface area contributed by atoms with Crippen molar-refractivity contribution < 1.29 is 14.6 Å². The number of H-pyrrole nitrogens is 1. The minimum atomic E-state index is -0.795. The molecule has 33 heavy (non-hydrogen) atoms. The van der Waals surface area contributed by atoms with Gasteiger partial charge < -0.3 is 25.0 Å². The normalized spacial score (nSPS) is 24.8. The van der Waals surface area contributed by atoms with E-state index in [1.54, 1.807) is 4.90 Å². The smallest absolute Gasteiger partial charge is 0.407 e. The summed E-state index contributed by atoms with van der Waals surface area (Å²) in [5.74, 6) is 2.03. The zero-order chi connectivity index (χ0) is 22.9. The number of ether oxygens (including phenoxy) is 1. The fraction of sp³-hybridized carbons (Fsp3) is 0.565. The average Bonchev–Trinajstić information content (AvgIpc) is 3.22. The highest BCUT2D eigenvalue weighted by molar-refractivity contribution is 5.68. The largest absolute Gasteiger partial charge is 0.465 e. The lowest BCUT2D eigenvalue weighted by molar-refractivity contribution is 0.0351. The van der Waals surface area contributed by atoms with Crippen LogP contribution in [0.25, 0.3) is 5.57 Å². The molecule has 176 valence electrons. The topological polar surface area (TPSA) is 120 Å². The zero-order valence-electron chi connectivity index (χ0n) is 19.1. The maximum absolute atomic E-state index is 11.8. The predicted molar refractivity (Wildman–Crippen MR) is 125 cm³/mol. The van der Waals surface area contributed by atoms with E-state index >= 15 is 0 Å². The van der Waals surface area contributed by atoms with E-state index in [0.29, 0.717) is 30.8 Å². The highest BCUT2D eigenvalue weighted by Gasteiger charge is 2.42. The third kappa shape index (κ3) is 4.52. The second-order valence-corrected chi connectivity index (χ2v) is 9.22. The van der Waals surface area contributed by atoms with Crippen LogP contribution in [0, 0.1) is 6.92 Å². The first-order valence-electron chi connectivity index (χ1n) is 11.7. The third-order valence-corrected chi connectivity index (χ3v) is 7.00. The van der Waals surface area contributed by atoms with Crippen molar-refractivity contribution in [1.82, 2.24) is 25.1 Å². The highest BCUT2D eigenvalue weighted by atomic mass is 16.5. The van der Waals surface area contributed by atoms with Gasteiger partial charge in [0.05, 0.1) is 18.9 Å². The van der Waals surface area contributed by atoms with Gasteiger partial charge in [-0.15, -0.1) is 0 Å². The van der Waals surface area contributed by atoms with Crippen LogP contribution in [0.15, 0.2) is 18.2 Å².